The summed E-state index contributed by atoms with van der Waals surface area (Å²) in [7, 11) is 1.26. The number of nitrogen functional groups attached to an aromatic ring is 1. The SMILES string of the molecule is CO/N=C(/C(=O)N[C@@H]1C(=O)N2C(C(=O)[O-])=C(Sc3nc(-[n+]4ccc(C(N)=O)cc4)ns3)CSC12)c1csc(N)n1. The number of nitrogens with one attached hydrogen (secondary N) is 1. The lowest BCUT2D eigenvalue weighted by atomic mass is 10.0. The van der Waals surface area contributed by atoms with Gasteiger partial charge in [0.1, 0.15) is 35.8 Å². The lowest BCUT2D eigenvalue weighted by molar-refractivity contribution is -0.603. The molecule has 3 amide bonds. The van der Waals surface area contributed by atoms with Crippen LogP contribution in [-0.2, 0) is 19.2 Å². The molecule has 0 spiro atoms. The van der Waals surface area contributed by atoms with Gasteiger partial charge in [0.2, 0.25) is 5.91 Å². The van der Waals surface area contributed by atoms with Crippen molar-refractivity contribution < 1.29 is 33.7 Å². The van der Waals surface area contributed by atoms with Gasteiger partial charge in [-0.3, -0.25) is 19.3 Å². The van der Waals surface area contributed by atoms with Gasteiger partial charge in [0, 0.05) is 26.0 Å². The Balaban J connectivity index is 1.32. The van der Waals surface area contributed by atoms with Crippen molar-refractivity contribution in [2.24, 2.45) is 10.9 Å². The average Bonchev–Trinajstić information content (AvgIpc) is 3.58. The van der Waals surface area contributed by atoms with E-state index in [-0.39, 0.29) is 28.0 Å². The average molecular weight is 620 g/mol. The molecule has 5 heterocycles. The summed E-state index contributed by atoms with van der Waals surface area (Å²) in [6, 6.07) is 2.03. The number of β-lactam (4-membered cyclic amide) rings is 1. The van der Waals surface area contributed by atoms with E-state index < -0.39 is 35.1 Å². The lowest BCUT2D eigenvalue weighted by Gasteiger charge is -2.50. The number of primary amides is 1. The molecule has 3 aromatic rings. The van der Waals surface area contributed by atoms with Gasteiger partial charge < -0.3 is 31.5 Å². The van der Waals surface area contributed by atoms with Crippen LogP contribution in [0.15, 0.2) is 50.0 Å². The molecule has 0 saturated carbocycles. The van der Waals surface area contributed by atoms with E-state index in [1.165, 1.54) is 36.4 Å². The maximum Gasteiger partial charge on any atom is 0.451 e. The number of fused-ring (bicyclic) bond motifs is 1. The molecule has 5 N–H and O–H groups in total. The molecule has 0 bridgehead atoms. The molecule has 0 radical (unpaired) electrons. The number of nitrogens with zero attached hydrogens (tertiary/aromatic N) is 6. The van der Waals surface area contributed by atoms with E-state index >= 15 is 0 Å². The number of oxime groups is 1. The van der Waals surface area contributed by atoms with Gasteiger partial charge in [-0.1, -0.05) is 5.16 Å². The summed E-state index contributed by atoms with van der Waals surface area (Å²) in [5.74, 6) is -2.94. The van der Waals surface area contributed by atoms with Crippen molar-refractivity contribution in [2.75, 3.05) is 18.6 Å². The number of thioether (sulfide) groups is 2. The van der Waals surface area contributed by atoms with Gasteiger partial charge >= 0.3 is 5.95 Å². The van der Waals surface area contributed by atoms with Gasteiger partial charge in [-0.25, -0.2) is 9.55 Å². The highest BCUT2D eigenvalue weighted by Gasteiger charge is 2.53. The Bertz CT molecular complexity index is 1580. The fourth-order valence-electron chi connectivity index (χ4n) is 3.74. The van der Waals surface area contributed by atoms with Gasteiger partial charge in [-0.2, -0.15) is 0 Å². The first-order valence-corrected chi connectivity index (χ1v) is 14.6. The van der Waals surface area contributed by atoms with Gasteiger partial charge in [0.25, 0.3) is 16.2 Å². The largest absolute Gasteiger partial charge is 0.543 e. The fraction of sp³-hybridized carbons (Fsp3) is 0.190. The minimum atomic E-state index is -1.54. The number of aliphatic carboxylic acids is 1. The summed E-state index contributed by atoms with van der Waals surface area (Å²) < 4.78 is 6.26. The first-order chi connectivity index (χ1) is 19.2. The minimum Gasteiger partial charge on any atom is -0.543 e. The highest BCUT2D eigenvalue weighted by molar-refractivity contribution is 8.07. The van der Waals surface area contributed by atoms with E-state index in [9.17, 15) is 24.3 Å². The van der Waals surface area contributed by atoms with Gasteiger partial charge in [0.05, 0.1) is 24.1 Å². The van der Waals surface area contributed by atoms with Crippen LogP contribution in [-0.4, -0.2) is 72.9 Å². The number of aromatic nitrogens is 4. The van der Waals surface area contributed by atoms with Crippen molar-refractivity contribution in [3.05, 3.63) is 51.8 Å². The first-order valence-electron chi connectivity index (χ1n) is 11.0. The van der Waals surface area contributed by atoms with Gasteiger partial charge in [0.15, 0.2) is 10.8 Å². The second kappa shape index (κ2) is 11.2. The van der Waals surface area contributed by atoms with E-state index in [0.29, 0.717) is 20.8 Å². The smallest absolute Gasteiger partial charge is 0.451 e. The molecule has 5 rings (SSSR count). The molecule has 40 heavy (non-hydrogen) atoms. The number of pyridine rings is 1. The monoisotopic (exact) mass is 619 g/mol. The zero-order valence-corrected chi connectivity index (χ0v) is 23.4. The molecular formula is C21H17N9O6S4. The Kier molecular flexibility index (Phi) is 7.70. The zero-order chi connectivity index (χ0) is 28.6. The van der Waals surface area contributed by atoms with Crippen LogP contribution in [0.25, 0.3) is 5.95 Å². The Hall–Kier alpha value is -4.07. The third kappa shape index (κ3) is 5.22. The molecule has 0 aromatic carbocycles. The van der Waals surface area contributed by atoms with E-state index in [2.05, 4.69) is 24.8 Å². The van der Waals surface area contributed by atoms with E-state index in [0.717, 1.165) is 39.5 Å². The minimum absolute atomic E-state index is 0.175. The number of hydrogen-bond acceptors (Lipinski definition) is 15. The number of thiazole rings is 1. The number of hydrogen-bond donors (Lipinski definition) is 3. The molecule has 2 aliphatic heterocycles. The van der Waals surface area contributed by atoms with Crippen molar-refractivity contribution in [1.29, 1.82) is 0 Å². The summed E-state index contributed by atoms with van der Waals surface area (Å²) >= 11 is 4.46. The molecule has 1 fully saturated rings. The molecule has 19 heteroatoms. The molecule has 1 saturated heterocycles. The van der Waals surface area contributed by atoms with Crippen molar-refractivity contribution in [3.63, 3.8) is 0 Å². The predicted molar refractivity (Wildman–Crippen MR) is 143 cm³/mol. The number of carbonyl (C=O) groups is 4. The molecule has 1 unspecified atom stereocenters. The Labute approximate surface area is 241 Å². The van der Waals surface area contributed by atoms with Crippen LogP contribution >= 0.6 is 46.4 Å². The number of rotatable bonds is 9. The highest BCUT2D eigenvalue weighted by atomic mass is 32.2. The quantitative estimate of drug-likeness (QED) is 0.107. The maximum atomic E-state index is 13.0. The Morgan fingerprint density at radius 1 is 1.30 bits per heavy atom. The third-order valence-electron chi connectivity index (χ3n) is 5.53. The van der Waals surface area contributed by atoms with Crippen molar-refractivity contribution in [3.8, 4) is 5.95 Å². The third-order valence-corrected chi connectivity index (χ3v) is 9.49. The number of carbonyl (C=O) groups excluding carboxylic acids is 4. The van der Waals surface area contributed by atoms with Crippen molar-refractivity contribution in [1.82, 2.24) is 24.6 Å². The van der Waals surface area contributed by atoms with Crippen molar-refractivity contribution in [2.45, 2.75) is 15.8 Å². The second-order valence-electron chi connectivity index (χ2n) is 7.93. The van der Waals surface area contributed by atoms with Crippen LogP contribution in [0.1, 0.15) is 16.1 Å². The Morgan fingerprint density at radius 2 is 2.05 bits per heavy atom. The van der Waals surface area contributed by atoms with E-state index in [1.807, 2.05) is 0 Å². The predicted octanol–water partition coefficient (Wildman–Crippen LogP) is -1.54. The van der Waals surface area contributed by atoms with Crippen LogP contribution in [0.3, 0.4) is 0 Å². The fourth-order valence-corrected chi connectivity index (χ4v) is 7.52. The molecule has 3 aromatic heterocycles. The summed E-state index contributed by atoms with van der Waals surface area (Å²) in [5.41, 5.74) is 10.9. The van der Waals surface area contributed by atoms with E-state index in [4.69, 9.17) is 16.3 Å². The number of anilines is 1. The van der Waals surface area contributed by atoms with Crippen LogP contribution < -0.4 is 26.5 Å². The van der Waals surface area contributed by atoms with E-state index in [1.54, 1.807) is 17.0 Å². The second-order valence-corrected chi connectivity index (χ2v) is 12.0. The molecule has 206 valence electrons. The van der Waals surface area contributed by atoms with Crippen LogP contribution in [0.2, 0.25) is 0 Å². The normalized spacial score (nSPS) is 18.7. The van der Waals surface area contributed by atoms with Crippen LogP contribution in [0.5, 0.6) is 0 Å². The number of carboxylic acid groups (broad SMARTS) is 1. The molecular weight excluding hydrogens is 603 g/mol. The maximum absolute atomic E-state index is 13.0. The topological polar surface area (TPSA) is 223 Å². The summed E-state index contributed by atoms with van der Waals surface area (Å²) in [4.78, 5) is 63.9. The van der Waals surface area contributed by atoms with Crippen LogP contribution in [0.4, 0.5) is 5.13 Å². The lowest BCUT2D eigenvalue weighted by Crippen LogP contribution is -2.71. The van der Waals surface area contributed by atoms with Gasteiger partial charge in [-0.05, 0) is 28.9 Å². The standard InChI is InChI=1S/C21H17N9O6S4/c1-36-27-11(9-6-38-19(23)24-9)15(32)25-12-16(33)30-13(18(34)35)10(7-37-17(12)30)39-21-26-20(28-40-21)29-4-2-8(3-5-29)14(22)31/h2-6,12,17H,7H2,1H3,(H5-,22,23,24,25,31,32,34,35)/b27-11+/t12-,17?/m1/s1. The number of nitrogens with two attached hydrogens (primary N) is 2. The van der Waals surface area contributed by atoms with Crippen molar-refractivity contribution >= 4 is 80.9 Å². The summed E-state index contributed by atoms with van der Waals surface area (Å²) in [5, 5.41) is 19.4. The molecule has 15 nitrogen and oxygen atoms in total. The van der Waals surface area contributed by atoms with Crippen LogP contribution in [0, 0.1) is 0 Å². The zero-order valence-electron chi connectivity index (χ0n) is 20.2. The number of amides is 3. The van der Waals surface area contributed by atoms with Gasteiger partial charge in [-0.15, -0.1) is 23.1 Å². The molecule has 2 aliphatic rings. The number of carboxylic acids is 1. The Morgan fingerprint density at radius 3 is 2.67 bits per heavy atom. The summed E-state index contributed by atoms with van der Waals surface area (Å²) in [6.45, 7) is 0. The summed E-state index contributed by atoms with van der Waals surface area (Å²) in [6.07, 6.45) is 3.14. The molecule has 2 atom stereocenters. The first kappa shape index (κ1) is 27.5. The molecule has 0 aliphatic carbocycles. The highest BCUT2D eigenvalue weighted by Crippen LogP contribution is 2.45.